The molecule has 2 aliphatic carbocycles. The van der Waals surface area contributed by atoms with E-state index in [9.17, 15) is 19.2 Å². The second-order valence-electron chi connectivity index (χ2n) is 39.0. The van der Waals surface area contributed by atoms with Crippen LogP contribution in [0.4, 0.5) is 22.7 Å². The smallest absolute Gasteiger partial charge is 0.0795 e. The summed E-state index contributed by atoms with van der Waals surface area (Å²) in [5, 5.41) is 12.0. The molecule has 0 spiro atoms. The number of allylic oxidation sites excluding steroid dienone is 1. The monoisotopic (exact) mass is 2690 g/mol. The molecule has 14 atom stereocenters. The number of nitrogens with one attached hydrogen (secondary N) is 4. The van der Waals surface area contributed by atoms with Gasteiger partial charge in [0.25, 0.3) is 0 Å². The van der Waals surface area contributed by atoms with E-state index in [0.717, 1.165) is 164 Å². The van der Waals surface area contributed by atoms with E-state index in [1.165, 1.54) is 72.8 Å². The molecule has 4 amide bonds. The van der Waals surface area contributed by atoms with Crippen LogP contribution in [0.1, 0.15) is 263 Å². The van der Waals surface area contributed by atoms with Gasteiger partial charge in [-0.1, -0.05) is 259 Å². The van der Waals surface area contributed by atoms with Crippen LogP contribution in [0.5, 0.6) is 0 Å². The van der Waals surface area contributed by atoms with Crippen molar-refractivity contribution in [3.05, 3.63) is 321 Å². The summed E-state index contributed by atoms with van der Waals surface area (Å²) in [6, 6.07) is 64.7. The van der Waals surface area contributed by atoms with Gasteiger partial charge in [0, 0.05) is 215 Å². The molecule has 10 nitrogen and oxygen atoms in total. The first-order valence-corrected chi connectivity index (χ1v) is 44.0. The number of fused-ring (bicyclic) bond motifs is 4. The average Bonchev–Trinajstić information content (AvgIpc) is 1.01. The number of anilines is 4. The molecule has 2 saturated heterocycles. The molecule has 0 aromatic heterocycles. The third-order valence-electron chi connectivity index (χ3n) is 28.2. The van der Waals surface area contributed by atoms with Crippen LogP contribution < -0.4 is 21.3 Å². The minimum atomic E-state index is -0.534. The van der Waals surface area contributed by atoms with E-state index in [-0.39, 0.29) is 268 Å². The van der Waals surface area contributed by atoms with Crippen LogP contribution in [-0.2, 0) is 278 Å². The van der Waals surface area contributed by atoms with Gasteiger partial charge in [0.2, 0.25) is 0 Å². The summed E-state index contributed by atoms with van der Waals surface area (Å²) in [5.41, 5.74) is 21.7. The predicted octanol–water partition coefficient (Wildman–Crippen LogP) is 24.9. The summed E-state index contributed by atoms with van der Waals surface area (Å²) >= 11 is 0. The van der Waals surface area contributed by atoms with E-state index in [1.807, 2.05) is 44.5 Å². The van der Waals surface area contributed by atoms with Crippen molar-refractivity contribution in [2.75, 3.05) is 21.3 Å². The van der Waals surface area contributed by atoms with Gasteiger partial charge in [0.15, 0.2) is 0 Å². The summed E-state index contributed by atoms with van der Waals surface area (Å²) in [7, 11) is 0. The van der Waals surface area contributed by atoms with E-state index in [0.29, 0.717) is 5.41 Å². The fourth-order valence-corrected chi connectivity index (χ4v) is 19.5. The van der Waals surface area contributed by atoms with Crippen molar-refractivity contribution in [2.45, 2.75) is 260 Å². The zero-order chi connectivity index (χ0) is 86.1. The minimum Gasteiger partial charge on any atom is -0.404 e. The Morgan fingerprint density at radius 3 is 1.05 bits per heavy atom. The average molecular weight is 2690 g/mol. The van der Waals surface area contributed by atoms with Crippen molar-refractivity contribution >= 4 is 58.5 Å². The Labute approximate surface area is 926 Å². The van der Waals surface area contributed by atoms with E-state index in [4.69, 9.17) is 9.47 Å². The molecule has 8 aromatic carbocycles. The first-order valence-electron chi connectivity index (χ1n) is 44.0. The number of hydrogen-bond acceptors (Lipinski definition) is 6. The van der Waals surface area contributed by atoms with Crippen LogP contribution in [0.3, 0.4) is 0 Å². The van der Waals surface area contributed by atoms with Crippen LogP contribution in [0.15, 0.2) is 182 Å². The molecule has 4 radical (unpaired) electrons. The normalized spacial score (nSPS) is 27.7. The van der Waals surface area contributed by atoms with Gasteiger partial charge in [-0.05, 0) is 185 Å². The number of ether oxygens (including phenoxy) is 2. The first-order chi connectivity index (χ1) is 56.7. The number of amides is 4. The molecular weight excluding hydrogens is 2560 g/mol. The van der Waals surface area contributed by atoms with Gasteiger partial charge in [-0.15, -0.1) is 99.5 Å². The zero-order valence-corrected chi connectivity index (χ0v) is 102. The van der Waals surface area contributed by atoms with Gasteiger partial charge in [-0.3, -0.25) is 25.7 Å². The number of rotatable bonds is 16. The molecule has 0 unspecified atom stereocenters. The van der Waals surface area contributed by atoms with Crippen molar-refractivity contribution < 1.29 is 244 Å². The molecule has 6 heterocycles. The predicted molar refractivity (Wildman–Crippen MR) is 493 cm³/mol. The molecule has 16 rings (SSSR count). The summed E-state index contributed by atoms with van der Waals surface area (Å²) < 4.78 is 12.5. The van der Waals surface area contributed by atoms with Gasteiger partial charge in [-0.25, -0.2) is 0 Å². The molecule has 8 aromatic rings. The van der Waals surface area contributed by atoms with Gasteiger partial charge >= 0.3 is 0 Å². The molecule has 4 N–H and O–H groups in total. The molecular formula is C110H128N4O6W4Y4-8. The maximum atomic E-state index is 12.4. The Hall–Kier alpha value is -2.83. The molecule has 6 aliphatic heterocycles. The van der Waals surface area contributed by atoms with Crippen molar-refractivity contribution in [1.82, 2.24) is 0 Å². The quantitative estimate of drug-likeness (QED) is 0.0562. The van der Waals surface area contributed by atoms with Crippen LogP contribution >= 0.6 is 0 Å². The first kappa shape index (κ1) is 116. The number of hydrogen-bond donors (Lipinski definition) is 4. The maximum absolute atomic E-state index is 12.4. The number of benzene rings is 8. The molecule has 8 aliphatic rings. The third kappa shape index (κ3) is 27.8. The second-order valence-corrected chi connectivity index (χ2v) is 39.0. The summed E-state index contributed by atoms with van der Waals surface area (Å²) in [6.07, 6.45) is 32.2. The van der Waals surface area contributed by atoms with Gasteiger partial charge in [-0.2, -0.15) is 57.6 Å². The van der Waals surface area contributed by atoms with Gasteiger partial charge in [0.1, 0.15) is 0 Å². The molecule has 0 bridgehead atoms. The Bertz CT molecular complexity index is 5240. The van der Waals surface area contributed by atoms with Gasteiger partial charge in [0.05, 0.1) is 47.0 Å². The molecule has 4 fully saturated rings. The Kier molecular flexibility index (Phi) is 43.8. The molecule has 2 saturated carbocycles. The van der Waals surface area contributed by atoms with Crippen LogP contribution in [-0.4, -0.2) is 47.0 Å². The molecule has 668 valence electrons. The van der Waals surface area contributed by atoms with E-state index < -0.39 is 21.7 Å². The summed E-state index contributed by atoms with van der Waals surface area (Å²) in [4.78, 5) is 49.6. The summed E-state index contributed by atoms with van der Waals surface area (Å²) in [5.74, 6) is 2.99. The molecule has 128 heavy (non-hydrogen) atoms. The third-order valence-corrected chi connectivity index (χ3v) is 28.2. The Morgan fingerprint density at radius 1 is 0.391 bits per heavy atom. The number of carbonyl (C=O) groups excluding carboxylic acids is 4. The van der Waals surface area contributed by atoms with Crippen LogP contribution in [0.25, 0.3) is 12.2 Å². The fraction of sp³-hybridized carbons (Fsp3) is 0.418. The largest absolute Gasteiger partial charge is 0.404 e. The van der Waals surface area contributed by atoms with Gasteiger partial charge < -0.3 is 49.9 Å². The SMILES string of the molecule is C=C(C)[C@@H]1CC[C@](C)(/C=C/c2[c-]c3c(cc2)NC(=O)[CH-][C@]3(C)c2ccc(C)cc2)O1.C=C(C)[C@@H]1CC[C@](C)(CCc2[c-]c3c(cc2)NC(=O)[CH-][C@]3(C)c2ccc(C)cc2)O1.Cc1ccc([C@@]2(C)[CH-]C(=O)Nc3ccc(/C=C/[C@]4(C)CC[C@H](C)[C@@H](C)C4)[c-]c32)cc1.Cc1ccc([C@@]2(C)[CH-]C(=O)Nc3ccc(CC[C@]4(C)CC[C@H](C)[C@@H](C)C4)[c-]c32)cc1.[W].[W].[W].[W].[Y].[Y].[Y].[Y]. The van der Waals surface area contributed by atoms with Crippen molar-refractivity contribution in [3.63, 3.8) is 0 Å². The maximum Gasteiger partial charge on any atom is 0.0795 e. The van der Waals surface area contributed by atoms with Crippen molar-refractivity contribution in [2.24, 2.45) is 34.5 Å². The number of carbonyl (C=O) groups is 4. The second kappa shape index (κ2) is 48.5. The van der Waals surface area contributed by atoms with Crippen molar-refractivity contribution in [1.29, 1.82) is 0 Å². The van der Waals surface area contributed by atoms with Crippen molar-refractivity contribution in [3.8, 4) is 0 Å². The van der Waals surface area contributed by atoms with Crippen LogP contribution in [0.2, 0.25) is 0 Å². The zero-order valence-electron chi connectivity index (χ0n) is 78.6. The topological polar surface area (TPSA) is 135 Å². The number of aryl methyl sites for hydroxylation is 6. The van der Waals surface area contributed by atoms with E-state index in [2.05, 4.69) is 315 Å². The fourth-order valence-electron chi connectivity index (χ4n) is 19.5. The standard InChI is InChI=1S/C28H35NO.C28H33NO.C27H31NO2.C27H29NO2.4W.4Y/c2*1-19-6-9-23(10-7-19)28(5)18-26(30)29-25-11-8-22(16-24(25)28)13-15-27(4)14-12-20(2)21(3)17-27;2*1-18(2)24-13-15-26(4,30-24)14-12-20-8-11-23-22(16-20)27(5,17-25(29)28-23)21-9-6-19(3)7-10-21;;;;;;;;/h6-11,18,20-21H,12-15,17H2,1-5H3,(H,29,30);6-11,13,15,18,20-21H,12,14,17H2,1-5H3,(H,29,30);6-11,17,24H,1,12-15H2,2-5H3,(H,28,29);6-12,14,17,24H,1,13,15H2,2-5H3,(H,28,29);;;;;;;;/q4*-2;;;;;;;;/b;15-13+;;14-12+;;;;;;;;/t2*20-,21-,27-,28+;2*24-,26-,27+;;;;;;;;/m0000......../s1. The Morgan fingerprint density at radius 2 is 0.711 bits per heavy atom. The minimum absolute atomic E-state index is 0. The van der Waals surface area contributed by atoms with E-state index >= 15 is 0 Å². The summed E-state index contributed by atoms with van der Waals surface area (Å²) in [6.45, 7) is 47.7. The Balaban J connectivity index is 0.000000296. The van der Waals surface area contributed by atoms with Crippen LogP contribution in [0, 0.1) is 112 Å². The molecule has 18 heteroatoms. The van der Waals surface area contributed by atoms with E-state index in [1.54, 1.807) is 19.3 Å².